The van der Waals surface area contributed by atoms with Gasteiger partial charge in [-0.1, -0.05) is 0 Å². The number of amides is 1. The average Bonchev–Trinajstić information content (AvgIpc) is 3.19. The van der Waals surface area contributed by atoms with Gasteiger partial charge in [0.2, 0.25) is 0 Å². The van der Waals surface area contributed by atoms with Crippen LogP contribution in [0.25, 0.3) is 11.1 Å². The molecule has 2 aromatic heterocycles. The van der Waals surface area contributed by atoms with Crippen molar-refractivity contribution in [1.29, 1.82) is 0 Å². The highest BCUT2D eigenvalue weighted by Gasteiger charge is 2.17. The number of carbonyl (C=O) groups excluding carboxylic acids is 1. The Balaban J connectivity index is 1.61. The first-order valence-corrected chi connectivity index (χ1v) is 7.18. The number of nitrogens with zero attached hydrogens (tertiary/aromatic N) is 2. The predicted molar refractivity (Wildman–Crippen MR) is 77.7 cm³/mol. The van der Waals surface area contributed by atoms with Crippen molar-refractivity contribution in [2.45, 2.75) is 25.4 Å². The lowest BCUT2D eigenvalue weighted by Crippen LogP contribution is -2.27. The fourth-order valence-electron chi connectivity index (χ4n) is 2.52. The van der Waals surface area contributed by atoms with Crippen LogP contribution in [0.15, 0.2) is 30.7 Å². The third-order valence-electron chi connectivity index (χ3n) is 3.63. The van der Waals surface area contributed by atoms with Crippen molar-refractivity contribution in [1.82, 2.24) is 20.5 Å². The predicted octanol–water partition coefficient (Wildman–Crippen LogP) is 1.77. The molecule has 1 amide bonds. The van der Waals surface area contributed by atoms with Crippen LogP contribution in [0.2, 0.25) is 0 Å². The zero-order valence-corrected chi connectivity index (χ0v) is 11.7. The molecule has 110 valence electrons. The Kier molecular flexibility index (Phi) is 4.25. The van der Waals surface area contributed by atoms with E-state index < -0.39 is 0 Å². The van der Waals surface area contributed by atoms with E-state index in [4.69, 9.17) is 4.74 Å². The van der Waals surface area contributed by atoms with E-state index in [2.05, 4.69) is 20.5 Å². The van der Waals surface area contributed by atoms with Crippen LogP contribution in [0.4, 0.5) is 0 Å². The number of hydrogen-bond acceptors (Lipinski definition) is 4. The zero-order chi connectivity index (χ0) is 14.5. The van der Waals surface area contributed by atoms with Crippen molar-refractivity contribution in [3.8, 4) is 11.1 Å². The van der Waals surface area contributed by atoms with E-state index in [0.717, 1.165) is 37.0 Å². The lowest BCUT2D eigenvalue weighted by Gasteiger charge is -2.10. The summed E-state index contributed by atoms with van der Waals surface area (Å²) in [6, 6.07) is 3.71. The molecule has 3 rings (SSSR count). The summed E-state index contributed by atoms with van der Waals surface area (Å²) in [5, 5.41) is 9.66. The maximum Gasteiger partial charge on any atom is 0.269 e. The summed E-state index contributed by atoms with van der Waals surface area (Å²) in [6.45, 7) is 1.45. The molecule has 3 heterocycles. The number of nitrogens with one attached hydrogen (secondary N) is 2. The zero-order valence-electron chi connectivity index (χ0n) is 11.7. The Hall–Kier alpha value is -2.21. The van der Waals surface area contributed by atoms with Gasteiger partial charge in [0.15, 0.2) is 0 Å². The molecule has 1 aliphatic heterocycles. The van der Waals surface area contributed by atoms with Crippen LogP contribution in [0.3, 0.4) is 0 Å². The first kappa shape index (κ1) is 13.8. The van der Waals surface area contributed by atoms with Crippen molar-refractivity contribution in [3.05, 3.63) is 36.4 Å². The Morgan fingerprint density at radius 3 is 3.05 bits per heavy atom. The normalized spacial score (nSPS) is 17.8. The van der Waals surface area contributed by atoms with E-state index in [9.17, 15) is 4.79 Å². The number of H-pyrrole nitrogens is 1. The molecule has 0 spiro atoms. The molecule has 0 radical (unpaired) electrons. The Labute approximate surface area is 122 Å². The molecule has 0 bridgehead atoms. The van der Waals surface area contributed by atoms with Crippen LogP contribution in [0, 0.1) is 0 Å². The Morgan fingerprint density at radius 1 is 1.43 bits per heavy atom. The average molecular weight is 286 g/mol. The second-order valence-electron chi connectivity index (χ2n) is 5.07. The standard InChI is InChI=1S/C15H18N4O2/c20-15(17-8-5-12-2-1-9-21-12)14-13(10-18-19-14)11-3-6-16-7-4-11/h3-4,6-7,10,12H,1-2,5,8-9H2,(H,17,20)(H,18,19). The Morgan fingerprint density at radius 2 is 2.29 bits per heavy atom. The fraction of sp³-hybridized carbons (Fsp3) is 0.400. The molecular formula is C15H18N4O2. The maximum absolute atomic E-state index is 12.2. The van der Waals surface area contributed by atoms with Crippen molar-refractivity contribution >= 4 is 5.91 Å². The molecular weight excluding hydrogens is 268 g/mol. The summed E-state index contributed by atoms with van der Waals surface area (Å²) in [5.41, 5.74) is 2.18. The van der Waals surface area contributed by atoms with Crippen LogP contribution >= 0.6 is 0 Å². The van der Waals surface area contributed by atoms with Gasteiger partial charge in [-0.2, -0.15) is 5.10 Å². The molecule has 2 aromatic rings. The summed E-state index contributed by atoms with van der Waals surface area (Å²) in [4.78, 5) is 16.2. The lowest BCUT2D eigenvalue weighted by molar-refractivity contribution is 0.0903. The molecule has 6 heteroatoms. The van der Waals surface area contributed by atoms with Gasteiger partial charge in [0.05, 0.1) is 12.3 Å². The summed E-state index contributed by atoms with van der Waals surface area (Å²) in [7, 11) is 0. The first-order valence-electron chi connectivity index (χ1n) is 7.18. The third kappa shape index (κ3) is 3.28. The van der Waals surface area contributed by atoms with Crippen LogP contribution in [0.1, 0.15) is 29.8 Å². The highest BCUT2D eigenvalue weighted by Crippen LogP contribution is 2.21. The largest absolute Gasteiger partial charge is 0.378 e. The van der Waals surface area contributed by atoms with Crippen molar-refractivity contribution in [2.75, 3.05) is 13.2 Å². The summed E-state index contributed by atoms with van der Waals surface area (Å²) < 4.78 is 5.54. The smallest absolute Gasteiger partial charge is 0.269 e. The van der Waals surface area contributed by atoms with Gasteiger partial charge in [-0.15, -0.1) is 0 Å². The van der Waals surface area contributed by atoms with Gasteiger partial charge in [-0.05, 0) is 37.0 Å². The molecule has 6 nitrogen and oxygen atoms in total. The number of pyridine rings is 1. The summed E-state index contributed by atoms with van der Waals surface area (Å²) in [5.74, 6) is -0.141. The monoisotopic (exact) mass is 286 g/mol. The minimum absolute atomic E-state index is 0.141. The summed E-state index contributed by atoms with van der Waals surface area (Å²) in [6.07, 6.45) is 8.39. The molecule has 1 aliphatic rings. The van der Waals surface area contributed by atoms with E-state index in [1.807, 2.05) is 12.1 Å². The van der Waals surface area contributed by atoms with Crippen molar-refractivity contribution < 1.29 is 9.53 Å². The first-order chi connectivity index (χ1) is 10.3. The number of hydrogen-bond donors (Lipinski definition) is 2. The van der Waals surface area contributed by atoms with Gasteiger partial charge in [-0.25, -0.2) is 0 Å². The van der Waals surface area contributed by atoms with Crippen LogP contribution in [-0.4, -0.2) is 40.3 Å². The minimum atomic E-state index is -0.141. The number of aromatic nitrogens is 3. The van der Waals surface area contributed by atoms with Gasteiger partial charge in [0, 0.05) is 31.1 Å². The second kappa shape index (κ2) is 6.49. The molecule has 1 atom stereocenters. The number of rotatable bonds is 5. The number of aromatic amines is 1. The SMILES string of the molecule is O=C(NCCC1CCCO1)c1[nH]ncc1-c1ccncc1. The number of carbonyl (C=O) groups is 1. The van der Waals surface area contributed by atoms with E-state index in [1.165, 1.54) is 0 Å². The topological polar surface area (TPSA) is 79.9 Å². The molecule has 1 unspecified atom stereocenters. The highest BCUT2D eigenvalue weighted by molar-refractivity contribution is 5.98. The van der Waals surface area contributed by atoms with Gasteiger partial charge >= 0.3 is 0 Å². The minimum Gasteiger partial charge on any atom is -0.378 e. The quantitative estimate of drug-likeness (QED) is 0.878. The summed E-state index contributed by atoms with van der Waals surface area (Å²) >= 11 is 0. The van der Waals surface area contributed by atoms with Gasteiger partial charge in [-0.3, -0.25) is 14.9 Å². The van der Waals surface area contributed by atoms with E-state index in [0.29, 0.717) is 12.2 Å². The van der Waals surface area contributed by atoms with E-state index in [1.54, 1.807) is 18.6 Å². The van der Waals surface area contributed by atoms with Crippen LogP contribution in [-0.2, 0) is 4.74 Å². The van der Waals surface area contributed by atoms with Crippen LogP contribution in [0.5, 0.6) is 0 Å². The maximum atomic E-state index is 12.2. The third-order valence-corrected chi connectivity index (χ3v) is 3.63. The lowest BCUT2D eigenvalue weighted by atomic mass is 10.1. The molecule has 2 N–H and O–H groups in total. The molecule has 1 saturated heterocycles. The fourth-order valence-corrected chi connectivity index (χ4v) is 2.52. The van der Waals surface area contributed by atoms with Crippen molar-refractivity contribution in [2.24, 2.45) is 0 Å². The highest BCUT2D eigenvalue weighted by atomic mass is 16.5. The van der Waals surface area contributed by atoms with Gasteiger partial charge in [0.25, 0.3) is 5.91 Å². The van der Waals surface area contributed by atoms with Crippen LogP contribution < -0.4 is 5.32 Å². The van der Waals surface area contributed by atoms with E-state index >= 15 is 0 Å². The molecule has 0 aliphatic carbocycles. The Bertz CT molecular complexity index is 591. The van der Waals surface area contributed by atoms with Crippen molar-refractivity contribution in [3.63, 3.8) is 0 Å². The molecule has 0 saturated carbocycles. The van der Waals surface area contributed by atoms with E-state index in [-0.39, 0.29) is 12.0 Å². The van der Waals surface area contributed by atoms with Gasteiger partial charge < -0.3 is 10.1 Å². The molecule has 21 heavy (non-hydrogen) atoms. The molecule has 1 fully saturated rings. The van der Waals surface area contributed by atoms with Gasteiger partial charge in [0.1, 0.15) is 5.69 Å². The number of ether oxygens (including phenoxy) is 1. The molecule has 0 aromatic carbocycles. The second-order valence-corrected chi connectivity index (χ2v) is 5.07.